The summed E-state index contributed by atoms with van der Waals surface area (Å²) in [6.45, 7) is 4.72. The van der Waals surface area contributed by atoms with E-state index in [9.17, 15) is 4.79 Å². The van der Waals surface area contributed by atoms with Crippen LogP contribution >= 0.6 is 0 Å². The third-order valence-corrected chi connectivity index (χ3v) is 4.76. The highest BCUT2D eigenvalue weighted by Crippen LogP contribution is 2.35. The molecule has 2 aromatic rings. The van der Waals surface area contributed by atoms with Crippen LogP contribution in [0.15, 0.2) is 72.3 Å². The van der Waals surface area contributed by atoms with Gasteiger partial charge in [-0.2, -0.15) is 0 Å². The predicted octanol–water partition coefficient (Wildman–Crippen LogP) is 3.62. The van der Waals surface area contributed by atoms with Gasteiger partial charge in [-0.05, 0) is 47.4 Å². The van der Waals surface area contributed by atoms with Crippen molar-refractivity contribution in [1.82, 2.24) is 5.32 Å². The van der Waals surface area contributed by atoms with Crippen LogP contribution < -0.4 is 14.8 Å². The number of carbonyl (C=O) groups excluding carboxylic acids is 1. The Morgan fingerprint density at radius 2 is 1.93 bits per heavy atom. The second-order valence-electron chi connectivity index (χ2n) is 6.46. The number of ether oxygens (including phenoxy) is 3. The molecular weight excluding hydrogens is 354 g/mol. The molecule has 1 aliphatic rings. The number of benzene rings is 2. The first-order chi connectivity index (χ1) is 13.7. The van der Waals surface area contributed by atoms with Crippen LogP contribution in [-0.4, -0.2) is 33.3 Å². The lowest BCUT2D eigenvalue weighted by Crippen LogP contribution is -2.29. The lowest BCUT2D eigenvalue weighted by Gasteiger charge is -2.16. The van der Waals surface area contributed by atoms with Crippen LogP contribution in [0.2, 0.25) is 0 Å². The van der Waals surface area contributed by atoms with Crippen LogP contribution in [0.1, 0.15) is 17.2 Å². The zero-order chi connectivity index (χ0) is 19.9. The molecule has 3 rings (SSSR count). The highest BCUT2D eigenvalue weighted by atomic mass is 16.5. The zero-order valence-corrected chi connectivity index (χ0v) is 16.2. The quantitative estimate of drug-likeness (QED) is 0.761. The van der Waals surface area contributed by atoms with Crippen LogP contribution in [0.25, 0.3) is 0 Å². The maximum Gasteiger partial charge on any atom is 0.250 e. The maximum atomic E-state index is 12.9. The average Bonchev–Trinajstić information content (AvgIpc) is 3.18. The smallest absolute Gasteiger partial charge is 0.250 e. The molecule has 0 radical (unpaired) electrons. The number of hydrogen-bond donors (Lipinski definition) is 1. The van der Waals surface area contributed by atoms with Gasteiger partial charge >= 0.3 is 0 Å². The molecule has 5 nitrogen and oxygen atoms in total. The van der Waals surface area contributed by atoms with Crippen molar-refractivity contribution < 1.29 is 19.0 Å². The molecule has 0 aliphatic carbocycles. The summed E-state index contributed by atoms with van der Waals surface area (Å²) in [5.41, 5.74) is 3.45. The van der Waals surface area contributed by atoms with E-state index < -0.39 is 6.10 Å². The number of nitrogens with one attached hydrogen (secondary N) is 1. The molecule has 1 unspecified atom stereocenters. The maximum absolute atomic E-state index is 12.9. The fourth-order valence-electron chi connectivity index (χ4n) is 3.22. The van der Waals surface area contributed by atoms with E-state index >= 15 is 0 Å². The lowest BCUT2D eigenvalue weighted by molar-refractivity contribution is -0.118. The van der Waals surface area contributed by atoms with Crippen molar-refractivity contribution in [2.45, 2.75) is 12.5 Å². The van der Waals surface area contributed by atoms with Crippen molar-refractivity contribution in [2.24, 2.45) is 0 Å². The average molecular weight is 379 g/mol. The van der Waals surface area contributed by atoms with E-state index in [1.807, 2.05) is 48.5 Å². The van der Waals surface area contributed by atoms with Crippen molar-refractivity contribution in [1.29, 1.82) is 0 Å². The molecule has 0 bridgehead atoms. The lowest BCUT2D eigenvalue weighted by atomic mass is 9.98. The fourth-order valence-corrected chi connectivity index (χ4v) is 3.22. The minimum atomic E-state index is -0.407. The molecule has 0 saturated carbocycles. The molecule has 1 amide bonds. The van der Waals surface area contributed by atoms with Gasteiger partial charge in [-0.3, -0.25) is 4.79 Å². The largest absolute Gasteiger partial charge is 0.497 e. The molecule has 0 aromatic heterocycles. The summed E-state index contributed by atoms with van der Waals surface area (Å²) < 4.78 is 16.3. The summed E-state index contributed by atoms with van der Waals surface area (Å²) in [5, 5.41) is 3.01. The Morgan fingerprint density at radius 3 is 2.61 bits per heavy atom. The summed E-state index contributed by atoms with van der Waals surface area (Å²) in [7, 11) is 3.27. The van der Waals surface area contributed by atoms with Crippen LogP contribution in [0, 0.1) is 0 Å². The van der Waals surface area contributed by atoms with Gasteiger partial charge in [0.15, 0.2) is 0 Å². The minimum Gasteiger partial charge on any atom is -0.497 e. The zero-order valence-electron chi connectivity index (χ0n) is 16.2. The van der Waals surface area contributed by atoms with Gasteiger partial charge in [0.05, 0.1) is 26.4 Å². The Balaban J connectivity index is 1.68. The van der Waals surface area contributed by atoms with Crippen LogP contribution in [0.5, 0.6) is 11.5 Å². The Labute approximate surface area is 165 Å². The molecule has 2 aromatic carbocycles. The number of methoxy groups -OCH3 is 2. The number of hydrogen-bond acceptors (Lipinski definition) is 4. The van der Waals surface area contributed by atoms with E-state index in [2.05, 4.69) is 11.9 Å². The molecule has 1 N–H and O–H groups in total. The molecule has 28 heavy (non-hydrogen) atoms. The molecule has 0 spiro atoms. The summed E-state index contributed by atoms with van der Waals surface area (Å²) >= 11 is 0. The van der Waals surface area contributed by atoms with Gasteiger partial charge in [-0.1, -0.05) is 36.9 Å². The van der Waals surface area contributed by atoms with E-state index in [0.717, 1.165) is 28.2 Å². The summed E-state index contributed by atoms with van der Waals surface area (Å²) in [4.78, 5) is 12.9. The molecule has 0 saturated heterocycles. The first-order valence-electron chi connectivity index (χ1n) is 9.18. The van der Waals surface area contributed by atoms with E-state index in [4.69, 9.17) is 14.2 Å². The van der Waals surface area contributed by atoms with Gasteiger partial charge in [0.2, 0.25) is 0 Å². The van der Waals surface area contributed by atoms with E-state index in [1.54, 1.807) is 20.3 Å². The van der Waals surface area contributed by atoms with E-state index in [1.165, 1.54) is 0 Å². The number of rotatable bonds is 8. The Bertz CT molecular complexity index is 870. The molecule has 5 heteroatoms. The monoisotopic (exact) mass is 379 g/mol. The standard InChI is InChI=1S/C23H25NO4/c1-4-17-15-28-22(18-8-10-19(26-2)11-9-18)21(17)23(25)24-13-12-16-6-5-7-20(14-16)27-3/h4-11,14,22H,1,12-13,15H2,2-3H3,(H,24,25). The van der Waals surface area contributed by atoms with Gasteiger partial charge in [0.25, 0.3) is 5.91 Å². The summed E-state index contributed by atoms with van der Waals surface area (Å²) in [6.07, 6.45) is 2.00. The summed E-state index contributed by atoms with van der Waals surface area (Å²) in [6, 6.07) is 15.4. The van der Waals surface area contributed by atoms with Crippen molar-refractivity contribution in [3.8, 4) is 11.5 Å². The van der Waals surface area contributed by atoms with Gasteiger partial charge in [-0.15, -0.1) is 0 Å². The molecule has 1 atom stereocenters. The van der Waals surface area contributed by atoms with Crippen LogP contribution in [0.3, 0.4) is 0 Å². The molecular formula is C23H25NO4. The molecule has 1 heterocycles. The van der Waals surface area contributed by atoms with Crippen molar-refractivity contribution in [3.63, 3.8) is 0 Å². The van der Waals surface area contributed by atoms with Gasteiger partial charge in [0, 0.05) is 6.54 Å². The predicted molar refractivity (Wildman–Crippen MR) is 109 cm³/mol. The van der Waals surface area contributed by atoms with Gasteiger partial charge < -0.3 is 19.5 Å². The molecule has 0 fully saturated rings. The number of carbonyl (C=O) groups is 1. The topological polar surface area (TPSA) is 56.8 Å². The van der Waals surface area contributed by atoms with E-state index in [-0.39, 0.29) is 5.91 Å². The van der Waals surface area contributed by atoms with Crippen LogP contribution in [0.4, 0.5) is 0 Å². The second-order valence-corrected chi connectivity index (χ2v) is 6.46. The fraction of sp³-hybridized carbons (Fsp3) is 0.261. The van der Waals surface area contributed by atoms with Gasteiger partial charge in [0.1, 0.15) is 17.6 Å². The first-order valence-corrected chi connectivity index (χ1v) is 9.18. The molecule has 1 aliphatic heterocycles. The van der Waals surface area contributed by atoms with E-state index in [0.29, 0.717) is 25.1 Å². The molecule has 146 valence electrons. The third kappa shape index (κ3) is 4.43. The summed E-state index contributed by atoms with van der Waals surface area (Å²) in [5.74, 6) is 1.44. The first kappa shape index (κ1) is 19.7. The Morgan fingerprint density at radius 1 is 1.18 bits per heavy atom. The SMILES string of the molecule is C=CC1=C(C(=O)NCCc2cccc(OC)c2)C(c2ccc(OC)cc2)OC1. The highest BCUT2D eigenvalue weighted by Gasteiger charge is 2.31. The normalized spacial score (nSPS) is 16.0. The van der Waals surface area contributed by atoms with Crippen LogP contribution in [-0.2, 0) is 16.0 Å². The third-order valence-electron chi connectivity index (χ3n) is 4.76. The van der Waals surface area contributed by atoms with Crippen molar-refractivity contribution in [2.75, 3.05) is 27.4 Å². The Hall–Kier alpha value is -3.05. The Kier molecular flexibility index (Phi) is 6.50. The van der Waals surface area contributed by atoms with Crippen molar-refractivity contribution >= 4 is 5.91 Å². The number of amides is 1. The highest BCUT2D eigenvalue weighted by molar-refractivity contribution is 5.96. The minimum absolute atomic E-state index is 0.129. The van der Waals surface area contributed by atoms with Gasteiger partial charge in [-0.25, -0.2) is 0 Å². The van der Waals surface area contributed by atoms with Crippen molar-refractivity contribution in [3.05, 3.63) is 83.5 Å². The second kappa shape index (κ2) is 9.24.